The zero-order valence-electron chi connectivity index (χ0n) is 18.0. The number of carbonyl (C=O) groups excluding carboxylic acids is 1. The van der Waals surface area contributed by atoms with E-state index in [2.05, 4.69) is 45.4 Å². The Hall–Kier alpha value is -2.12. The Bertz CT molecular complexity index is 1070. The van der Waals surface area contributed by atoms with E-state index in [9.17, 15) is 4.79 Å². The molecule has 0 spiro atoms. The second-order valence-electron chi connectivity index (χ2n) is 8.18. The third-order valence-corrected chi connectivity index (χ3v) is 7.51. The zero-order chi connectivity index (χ0) is 21.3. The fourth-order valence-corrected chi connectivity index (χ4v) is 5.88. The number of carbonyl (C=O) groups is 1. The van der Waals surface area contributed by atoms with E-state index in [0.29, 0.717) is 5.75 Å². The second-order valence-corrected chi connectivity index (χ2v) is 10.1. The molecule has 0 atom stereocenters. The number of benzene rings is 1. The minimum atomic E-state index is -0.0264. The molecule has 2 aromatic heterocycles. The van der Waals surface area contributed by atoms with Gasteiger partial charge in [-0.15, -0.1) is 21.5 Å². The van der Waals surface area contributed by atoms with Gasteiger partial charge in [0.05, 0.1) is 5.75 Å². The molecule has 1 N–H and O–H groups in total. The van der Waals surface area contributed by atoms with Crippen LogP contribution in [0, 0.1) is 13.8 Å². The molecule has 0 saturated carbocycles. The van der Waals surface area contributed by atoms with Crippen molar-refractivity contribution in [1.82, 2.24) is 14.8 Å². The normalized spacial score (nSPS) is 13.5. The smallest absolute Gasteiger partial charge is 0.234 e. The summed E-state index contributed by atoms with van der Waals surface area (Å²) in [6.45, 7) is 8.32. The minimum Gasteiger partial charge on any atom is -0.325 e. The van der Waals surface area contributed by atoms with Gasteiger partial charge in [-0.25, -0.2) is 0 Å². The first-order chi connectivity index (χ1) is 14.4. The topological polar surface area (TPSA) is 59.8 Å². The van der Waals surface area contributed by atoms with Crippen LogP contribution in [-0.4, -0.2) is 26.4 Å². The molecule has 158 valence electrons. The maximum absolute atomic E-state index is 12.6. The molecule has 30 heavy (non-hydrogen) atoms. The number of amides is 1. The number of nitrogens with one attached hydrogen (secondary N) is 1. The first-order valence-electron chi connectivity index (χ1n) is 10.5. The van der Waals surface area contributed by atoms with Crippen molar-refractivity contribution in [3.63, 3.8) is 0 Å². The number of hydrogen-bond acceptors (Lipinski definition) is 5. The summed E-state index contributed by atoms with van der Waals surface area (Å²) in [6, 6.07) is 6.31. The van der Waals surface area contributed by atoms with Crippen molar-refractivity contribution in [3.8, 4) is 11.4 Å². The molecule has 1 aromatic carbocycles. The summed E-state index contributed by atoms with van der Waals surface area (Å²) in [5.41, 5.74) is 5.74. The molecule has 1 aliphatic carbocycles. The third-order valence-electron chi connectivity index (χ3n) is 5.48. The summed E-state index contributed by atoms with van der Waals surface area (Å²) in [7, 11) is 0. The van der Waals surface area contributed by atoms with Crippen LogP contribution in [0.1, 0.15) is 54.3 Å². The van der Waals surface area contributed by atoms with Gasteiger partial charge in [0.2, 0.25) is 5.91 Å². The van der Waals surface area contributed by atoms with E-state index in [4.69, 9.17) is 0 Å². The number of anilines is 1. The number of aryl methyl sites for hydroxylation is 3. The lowest BCUT2D eigenvalue weighted by molar-refractivity contribution is -0.113. The van der Waals surface area contributed by atoms with Gasteiger partial charge in [-0.1, -0.05) is 23.9 Å². The van der Waals surface area contributed by atoms with E-state index in [1.807, 2.05) is 37.3 Å². The Balaban J connectivity index is 1.52. The predicted molar refractivity (Wildman–Crippen MR) is 126 cm³/mol. The molecule has 0 fully saturated rings. The predicted octanol–water partition coefficient (Wildman–Crippen LogP) is 5.81. The van der Waals surface area contributed by atoms with Crippen molar-refractivity contribution in [2.24, 2.45) is 0 Å². The van der Waals surface area contributed by atoms with Gasteiger partial charge in [0.15, 0.2) is 11.0 Å². The van der Waals surface area contributed by atoms with Crippen LogP contribution in [0.15, 0.2) is 28.7 Å². The Kier molecular flexibility index (Phi) is 6.29. The van der Waals surface area contributed by atoms with E-state index in [-0.39, 0.29) is 11.9 Å². The van der Waals surface area contributed by atoms with Crippen LogP contribution in [0.2, 0.25) is 0 Å². The zero-order valence-corrected chi connectivity index (χ0v) is 19.6. The number of thioether (sulfide) groups is 1. The molecule has 5 nitrogen and oxygen atoms in total. The molecular weight excluding hydrogens is 412 g/mol. The highest BCUT2D eigenvalue weighted by Gasteiger charge is 2.23. The van der Waals surface area contributed by atoms with Crippen LogP contribution in [0.3, 0.4) is 0 Å². The van der Waals surface area contributed by atoms with Gasteiger partial charge in [0, 0.05) is 27.5 Å². The molecule has 1 aliphatic rings. The van der Waals surface area contributed by atoms with Crippen molar-refractivity contribution >= 4 is 34.7 Å². The van der Waals surface area contributed by atoms with Crippen LogP contribution in [0.25, 0.3) is 11.4 Å². The summed E-state index contributed by atoms with van der Waals surface area (Å²) in [4.78, 5) is 14.1. The van der Waals surface area contributed by atoms with E-state index < -0.39 is 0 Å². The Morgan fingerprint density at radius 2 is 2.03 bits per heavy atom. The average molecular weight is 441 g/mol. The standard InChI is InChI=1S/C23H28N4OS2/c1-14(2)27-22(18-12-29-20-8-6-5-7-17(18)20)25-26-23(27)30-13-21(28)24-19-11-15(3)9-10-16(19)4/h9-12,14H,5-8,13H2,1-4H3,(H,24,28). The van der Waals surface area contributed by atoms with E-state index in [0.717, 1.165) is 34.2 Å². The first kappa shape index (κ1) is 21.1. The van der Waals surface area contributed by atoms with Crippen molar-refractivity contribution in [3.05, 3.63) is 45.1 Å². The fraction of sp³-hybridized carbons (Fsp3) is 0.435. The number of hydrogen-bond donors (Lipinski definition) is 1. The molecule has 0 bridgehead atoms. The van der Waals surface area contributed by atoms with Crippen molar-refractivity contribution in [2.75, 3.05) is 11.1 Å². The molecule has 3 aromatic rings. The lowest BCUT2D eigenvalue weighted by atomic mass is 9.95. The summed E-state index contributed by atoms with van der Waals surface area (Å²) in [5, 5.41) is 15.1. The maximum atomic E-state index is 12.6. The summed E-state index contributed by atoms with van der Waals surface area (Å²) < 4.78 is 2.17. The number of aromatic nitrogens is 3. The van der Waals surface area contributed by atoms with Crippen LogP contribution in [-0.2, 0) is 17.6 Å². The lowest BCUT2D eigenvalue weighted by Crippen LogP contribution is -2.16. The van der Waals surface area contributed by atoms with Gasteiger partial charge in [-0.2, -0.15) is 0 Å². The monoisotopic (exact) mass is 440 g/mol. The van der Waals surface area contributed by atoms with Crippen molar-refractivity contribution < 1.29 is 4.79 Å². The molecule has 4 rings (SSSR count). The van der Waals surface area contributed by atoms with E-state index >= 15 is 0 Å². The quantitative estimate of drug-likeness (QED) is 0.491. The van der Waals surface area contributed by atoms with Gasteiger partial charge in [-0.3, -0.25) is 9.36 Å². The highest BCUT2D eigenvalue weighted by molar-refractivity contribution is 7.99. The number of thiophene rings is 1. The van der Waals surface area contributed by atoms with E-state index in [1.54, 1.807) is 0 Å². The van der Waals surface area contributed by atoms with Crippen LogP contribution in [0.5, 0.6) is 0 Å². The van der Waals surface area contributed by atoms with Gasteiger partial charge in [-0.05, 0) is 76.1 Å². The summed E-state index contributed by atoms with van der Waals surface area (Å²) in [5.74, 6) is 1.21. The van der Waals surface area contributed by atoms with Crippen LogP contribution < -0.4 is 5.32 Å². The summed E-state index contributed by atoms with van der Waals surface area (Å²) in [6.07, 6.45) is 4.82. The number of rotatable bonds is 6. The minimum absolute atomic E-state index is 0.0264. The van der Waals surface area contributed by atoms with Gasteiger partial charge in [0.25, 0.3) is 0 Å². The van der Waals surface area contributed by atoms with Crippen molar-refractivity contribution in [2.45, 2.75) is 64.6 Å². The molecule has 2 heterocycles. The SMILES string of the molecule is Cc1ccc(C)c(NC(=O)CSc2nnc(-c3csc4c3CCCC4)n2C(C)C)c1. The Labute approximate surface area is 186 Å². The largest absolute Gasteiger partial charge is 0.325 e. The molecule has 0 radical (unpaired) electrons. The van der Waals surface area contributed by atoms with Crippen LogP contribution in [0.4, 0.5) is 5.69 Å². The van der Waals surface area contributed by atoms with Crippen molar-refractivity contribution in [1.29, 1.82) is 0 Å². The molecule has 0 aliphatic heterocycles. The van der Waals surface area contributed by atoms with Gasteiger partial charge >= 0.3 is 0 Å². The summed E-state index contributed by atoms with van der Waals surface area (Å²) >= 11 is 3.30. The third kappa shape index (κ3) is 4.32. The Morgan fingerprint density at radius 1 is 1.23 bits per heavy atom. The number of fused-ring (bicyclic) bond motifs is 1. The number of nitrogens with zero attached hydrogens (tertiary/aromatic N) is 3. The first-order valence-corrected chi connectivity index (χ1v) is 12.3. The molecular formula is C23H28N4OS2. The Morgan fingerprint density at radius 3 is 2.83 bits per heavy atom. The van der Waals surface area contributed by atoms with Crippen LogP contribution >= 0.6 is 23.1 Å². The van der Waals surface area contributed by atoms with Gasteiger partial charge < -0.3 is 5.32 Å². The second kappa shape index (κ2) is 8.94. The highest BCUT2D eigenvalue weighted by Crippen LogP contribution is 2.37. The fourth-order valence-electron chi connectivity index (χ4n) is 3.89. The molecule has 1 amide bonds. The highest BCUT2D eigenvalue weighted by atomic mass is 32.2. The maximum Gasteiger partial charge on any atom is 0.234 e. The lowest BCUT2D eigenvalue weighted by Gasteiger charge is -2.16. The molecule has 0 saturated heterocycles. The molecule has 0 unspecified atom stereocenters. The van der Waals surface area contributed by atoms with Gasteiger partial charge in [0.1, 0.15) is 0 Å². The van der Waals surface area contributed by atoms with E-state index in [1.165, 1.54) is 47.0 Å². The average Bonchev–Trinajstić information content (AvgIpc) is 3.33. The molecule has 7 heteroatoms.